The highest BCUT2D eigenvalue weighted by Crippen LogP contribution is 2.28. The van der Waals surface area contributed by atoms with E-state index in [1.165, 1.54) is 0 Å². The third kappa shape index (κ3) is 3.91. The van der Waals surface area contributed by atoms with Crippen molar-refractivity contribution in [2.45, 2.75) is 6.42 Å². The zero-order chi connectivity index (χ0) is 20.2. The summed E-state index contributed by atoms with van der Waals surface area (Å²) in [4.78, 5) is 20.9. The Balaban J connectivity index is 1.66. The molecule has 1 aliphatic rings. The van der Waals surface area contributed by atoms with Gasteiger partial charge in [0.05, 0.1) is 37.4 Å². The summed E-state index contributed by atoms with van der Waals surface area (Å²) in [6, 6.07) is 15.4. The van der Waals surface area contributed by atoms with Crippen molar-refractivity contribution in [2.75, 3.05) is 19.5 Å². The fraction of sp³-hybridized carbons (Fsp3) is 0.130. The third-order valence-corrected chi connectivity index (χ3v) is 4.72. The molecule has 146 valence electrons. The van der Waals surface area contributed by atoms with Crippen molar-refractivity contribution >= 4 is 22.6 Å². The Kier molecular flexibility index (Phi) is 5.16. The molecule has 0 fully saturated rings. The first-order valence-electron chi connectivity index (χ1n) is 9.23. The number of methoxy groups -OCH3 is 2. The molecule has 4 rings (SSSR count). The Morgan fingerprint density at radius 1 is 1.00 bits per heavy atom. The summed E-state index contributed by atoms with van der Waals surface area (Å²) in [6.07, 6.45) is 5.73. The number of carbonyl (C=O) groups excluding carboxylic acids is 1. The van der Waals surface area contributed by atoms with E-state index in [1.54, 1.807) is 32.4 Å². The van der Waals surface area contributed by atoms with Crippen molar-refractivity contribution in [3.05, 3.63) is 83.9 Å². The maximum absolute atomic E-state index is 13.0. The second-order valence-corrected chi connectivity index (χ2v) is 6.55. The molecule has 2 N–H and O–H groups in total. The number of H-pyrrole nitrogens is 1. The Hall–Kier alpha value is -3.80. The minimum absolute atomic E-state index is 0.239. The van der Waals surface area contributed by atoms with Crippen LogP contribution in [0.2, 0.25) is 0 Å². The summed E-state index contributed by atoms with van der Waals surface area (Å²) < 4.78 is 10.7. The quantitative estimate of drug-likeness (QED) is 0.673. The molecule has 0 saturated heterocycles. The first-order valence-corrected chi connectivity index (χ1v) is 9.23. The van der Waals surface area contributed by atoms with Gasteiger partial charge in [-0.2, -0.15) is 0 Å². The van der Waals surface area contributed by atoms with E-state index in [2.05, 4.69) is 15.3 Å². The smallest absolute Gasteiger partial charge is 0.255 e. The minimum Gasteiger partial charge on any atom is -0.501 e. The number of aromatic nitrogens is 2. The molecule has 0 aliphatic heterocycles. The molecule has 6 heteroatoms. The van der Waals surface area contributed by atoms with Crippen molar-refractivity contribution in [3.8, 4) is 11.4 Å². The van der Waals surface area contributed by atoms with Crippen LogP contribution < -0.4 is 5.32 Å². The minimum atomic E-state index is -0.239. The fourth-order valence-corrected chi connectivity index (χ4v) is 3.17. The summed E-state index contributed by atoms with van der Waals surface area (Å²) in [5.74, 6) is 1.84. The number of aromatic amines is 1. The molecule has 2 aromatic carbocycles. The molecule has 1 aliphatic carbocycles. The van der Waals surface area contributed by atoms with Crippen LogP contribution in [0, 0.1) is 0 Å². The molecule has 0 radical (unpaired) electrons. The van der Waals surface area contributed by atoms with Gasteiger partial charge in [0.25, 0.3) is 5.91 Å². The first-order chi connectivity index (χ1) is 14.2. The lowest BCUT2D eigenvalue weighted by molar-refractivity contribution is -0.112. The van der Waals surface area contributed by atoms with Crippen LogP contribution in [0.4, 0.5) is 5.69 Å². The number of imidazole rings is 1. The molecule has 0 saturated carbocycles. The molecule has 0 bridgehead atoms. The van der Waals surface area contributed by atoms with Crippen molar-refractivity contribution in [2.24, 2.45) is 0 Å². The maximum atomic E-state index is 13.0. The van der Waals surface area contributed by atoms with E-state index in [4.69, 9.17) is 9.47 Å². The van der Waals surface area contributed by atoms with E-state index >= 15 is 0 Å². The van der Waals surface area contributed by atoms with Gasteiger partial charge in [-0.05, 0) is 42.5 Å². The number of nitrogens with one attached hydrogen (secondary N) is 2. The Labute approximate surface area is 168 Å². The second kappa shape index (κ2) is 8.06. The molecule has 1 aromatic heterocycles. The van der Waals surface area contributed by atoms with E-state index in [1.807, 2.05) is 48.5 Å². The van der Waals surface area contributed by atoms with E-state index in [9.17, 15) is 4.79 Å². The van der Waals surface area contributed by atoms with Crippen molar-refractivity contribution in [3.63, 3.8) is 0 Å². The average Bonchev–Trinajstić information content (AvgIpc) is 3.06. The number of para-hydroxylation sites is 3. The highest BCUT2D eigenvalue weighted by molar-refractivity contribution is 6.07. The summed E-state index contributed by atoms with van der Waals surface area (Å²) >= 11 is 0. The highest BCUT2D eigenvalue weighted by atomic mass is 16.5. The van der Waals surface area contributed by atoms with Crippen LogP contribution in [0.3, 0.4) is 0 Å². The molecule has 1 amide bonds. The number of benzene rings is 2. The topological polar surface area (TPSA) is 76.2 Å². The lowest BCUT2D eigenvalue weighted by Gasteiger charge is -2.10. The summed E-state index contributed by atoms with van der Waals surface area (Å²) in [5.41, 5.74) is 3.79. The molecule has 29 heavy (non-hydrogen) atoms. The summed E-state index contributed by atoms with van der Waals surface area (Å²) in [6.45, 7) is 0. The van der Waals surface area contributed by atoms with Crippen LogP contribution in [0.5, 0.6) is 0 Å². The Bertz CT molecular complexity index is 1120. The monoisotopic (exact) mass is 387 g/mol. The lowest BCUT2D eigenvalue weighted by atomic mass is 10.1. The number of hydrogen-bond donors (Lipinski definition) is 2. The summed E-state index contributed by atoms with van der Waals surface area (Å²) in [5, 5.41) is 2.99. The number of nitrogens with zero attached hydrogens (tertiary/aromatic N) is 1. The molecule has 6 nitrogen and oxygen atoms in total. The molecule has 0 unspecified atom stereocenters. The molecular weight excluding hydrogens is 366 g/mol. The fourth-order valence-electron chi connectivity index (χ4n) is 3.17. The molecule has 0 atom stereocenters. The van der Waals surface area contributed by atoms with Crippen molar-refractivity contribution in [1.29, 1.82) is 0 Å². The number of anilines is 1. The van der Waals surface area contributed by atoms with E-state index in [0.29, 0.717) is 29.3 Å². The Morgan fingerprint density at radius 3 is 2.55 bits per heavy atom. The van der Waals surface area contributed by atoms with Crippen molar-refractivity contribution in [1.82, 2.24) is 9.97 Å². The number of ether oxygens (including phenoxy) is 2. The van der Waals surface area contributed by atoms with Gasteiger partial charge in [-0.1, -0.05) is 24.3 Å². The van der Waals surface area contributed by atoms with Gasteiger partial charge < -0.3 is 19.8 Å². The second-order valence-electron chi connectivity index (χ2n) is 6.55. The van der Waals surface area contributed by atoms with E-state index < -0.39 is 0 Å². The SMILES string of the molecule is COC1=CC=C(C(=O)Nc2ccccc2-c2nc3ccccc3[nH]2)C=C(OC)C1. The maximum Gasteiger partial charge on any atom is 0.255 e. The molecule has 1 heterocycles. The summed E-state index contributed by atoms with van der Waals surface area (Å²) in [7, 11) is 3.18. The number of carbonyl (C=O) groups is 1. The van der Waals surface area contributed by atoms with Crippen LogP contribution in [0.15, 0.2) is 83.9 Å². The average molecular weight is 387 g/mol. The predicted octanol–water partition coefficient (Wildman–Crippen LogP) is 4.56. The number of allylic oxidation sites excluding steroid dienone is 2. The van der Waals surface area contributed by atoms with E-state index in [0.717, 1.165) is 22.4 Å². The standard InChI is InChI=1S/C23H21N3O3/c1-28-16-12-11-15(13-17(14-16)29-2)23(27)26-19-8-4-3-7-18(19)22-24-20-9-5-6-10-21(20)25-22/h3-13H,14H2,1-2H3,(H,24,25)(H,26,27). The predicted molar refractivity (Wildman–Crippen MR) is 113 cm³/mol. The Morgan fingerprint density at radius 2 is 1.76 bits per heavy atom. The normalized spacial score (nSPS) is 13.8. The third-order valence-electron chi connectivity index (χ3n) is 4.72. The number of fused-ring (bicyclic) bond motifs is 1. The molecule has 3 aromatic rings. The van der Waals surface area contributed by atoms with E-state index in [-0.39, 0.29) is 5.91 Å². The largest absolute Gasteiger partial charge is 0.501 e. The van der Waals surface area contributed by atoms with Gasteiger partial charge in [0.15, 0.2) is 0 Å². The zero-order valence-electron chi connectivity index (χ0n) is 16.2. The molecule has 0 spiro atoms. The van der Waals surface area contributed by atoms with Crippen LogP contribution in [-0.2, 0) is 14.3 Å². The lowest BCUT2D eigenvalue weighted by Crippen LogP contribution is -2.14. The van der Waals surface area contributed by atoms with Gasteiger partial charge in [0.1, 0.15) is 17.3 Å². The van der Waals surface area contributed by atoms with Crippen LogP contribution in [0.1, 0.15) is 6.42 Å². The van der Waals surface area contributed by atoms with Crippen LogP contribution in [-0.4, -0.2) is 30.1 Å². The number of rotatable bonds is 5. The zero-order valence-corrected chi connectivity index (χ0v) is 16.2. The van der Waals surface area contributed by atoms with Gasteiger partial charge in [-0.3, -0.25) is 4.79 Å². The number of hydrogen-bond acceptors (Lipinski definition) is 4. The van der Waals surface area contributed by atoms with Gasteiger partial charge >= 0.3 is 0 Å². The van der Waals surface area contributed by atoms with Gasteiger partial charge in [0.2, 0.25) is 0 Å². The van der Waals surface area contributed by atoms with Gasteiger partial charge in [-0.25, -0.2) is 4.98 Å². The van der Waals surface area contributed by atoms with Gasteiger partial charge in [0, 0.05) is 11.1 Å². The van der Waals surface area contributed by atoms with Crippen molar-refractivity contribution < 1.29 is 14.3 Å². The molecular formula is C23H21N3O3. The first kappa shape index (κ1) is 18.6. The highest BCUT2D eigenvalue weighted by Gasteiger charge is 2.16. The van der Waals surface area contributed by atoms with Gasteiger partial charge in [-0.15, -0.1) is 0 Å². The van der Waals surface area contributed by atoms with Crippen LogP contribution in [0.25, 0.3) is 22.4 Å². The number of amides is 1. The van der Waals surface area contributed by atoms with Crippen LogP contribution >= 0.6 is 0 Å².